The Hall–Kier alpha value is -1.93. The second-order valence-electron chi connectivity index (χ2n) is 4.68. The van der Waals surface area contributed by atoms with Crippen LogP contribution in [-0.2, 0) is 0 Å². The van der Waals surface area contributed by atoms with E-state index >= 15 is 0 Å². The van der Waals surface area contributed by atoms with Crippen LogP contribution in [0.4, 0.5) is 11.4 Å². The van der Waals surface area contributed by atoms with E-state index in [1.165, 1.54) is 6.92 Å². The molecular weight excluding hydrogens is 300 g/mol. The zero-order chi connectivity index (χ0) is 16.3. The summed E-state index contributed by atoms with van der Waals surface area (Å²) in [6.45, 7) is 3.32. The van der Waals surface area contributed by atoms with Gasteiger partial charge in [0, 0.05) is 0 Å². The number of aryl methyl sites for hydroxylation is 1. The number of carbonyl (C=O) groups is 1. The lowest BCUT2D eigenvalue weighted by atomic mass is 10.1. The fourth-order valence-electron chi connectivity index (χ4n) is 1.99. The van der Waals surface area contributed by atoms with Gasteiger partial charge in [0.1, 0.15) is 11.3 Å². The van der Waals surface area contributed by atoms with Gasteiger partial charge in [0.15, 0.2) is 0 Å². The van der Waals surface area contributed by atoms with E-state index in [4.69, 9.17) is 11.6 Å². The second kappa shape index (κ2) is 6.68. The van der Waals surface area contributed by atoms with E-state index in [2.05, 4.69) is 10.3 Å². The third-order valence-electron chi connectivity index (χ3n) is 3.03. The first-order valence-electron chi connectivity index (χ1n) is 6.21. The molecule has 0 spiro atoms. The molecule has 0 saturated carbocycles. The molecule has 1 heterocycles. The van der Waals surface area contributed by atoms with Gasteiger partial charge in [-0.05, 0) is 27.4 Å². The number of nitrogens with zero attached hydrogens (tertiary/aromatic N) is 3. The number of carboxylic acid groups (broad SMARTS) is 1. The van der Waals surface area contributed by atoms with Crippen LogP contribution < -0.4 is 5.32 Å². The van der Waals surface area contributed by atoms with Gasteiger partial charge in [-0.2, -0.15) is 0 Å². The van der Waals surface area contributed by atoms with Gasteiger partial charge in [-0.3, -0.25) is 15.0 Å². The van der Waals surface area contributed by atoms with Crippen molar-refractivity contribution in [3.05, 3.63) is 26.5 Å². The summed E-state index contributed by atoms with van der Waals surface area (Å²) >= 11 is 5.81. The van der Waals surface area contributed by atoms with Crippen molar-refractivity contribution in [3.8, 4) is 0 Å². The Bertz CT molecular complexity index is 539. The highest BCUT2D eigenvalue weighted by Crippen LogP contribution is 2.36. The number of rotatable bonds is 6. The van der Waals surface area contributed by atoms with Gasteiger partial charge < -0.3 is 10.4 Å². The summed E-state index contributed by atoms with van der Waals surface area (Å²) in [6.07, 6.45) is 0.335. The topological polar surface area (TPSA) is 109 Å². The summed E-state index contributed by atoms with van der Waals surface area (Å²) in [5.41, 5.74) is -0.772. The minimum atomic E-state index is -1.30. The van der Waals surface area contributed by atoms with Crippen LogP contribution in [0.15, 0.2) is 0 Å². The number of hydrogen-bond acceptors (Lipinski definition) is 6. The monoisotopic (exact) mass is 316 g/mol. The number of halogens is 1. The lowest BCUT2D eigenvalue weighted by Gasteiger charge is -2.26. The zero-order valence-electron chi connectivity index (χ0n) is 12.2. The van der Waals surface area contributed by atoms with Gasteiger partial charge in [-0.15, -0.1) is 0 Å². The normalized spacial score (nSPS) is 12.3. The van der Waals surface area contributed by atoms with Crippen LogP contribution in [0, 0.1) is 17.0 Å². The summed E-state index contributed by atoms with van der Waals surface area (Å²) in [7, 11) is 3.56. The van der Waals surface area contributed by atoms with Crippen molar-refractivity contribution < 1.29 is 14.8 Å². The molecule has 0 radical (unpaired) electrons. The maximum absolute atomic E-state index is 11.4. The number of anilines is 1. The Morgan fingerprint density at radius 2 is 2.14 bits per heavy atom. The van der Waals surface area contributed by atoms with Gasteiger partial charge in [0.05, 0.1) is 16.8 Å². The molecule has 0 aliphatic carbocycles. The molecule has 116 valence electrons. The third-order valence-corrected chi connectivity index (χ3v) is 3.29. The number of carboxylic acids is 1. The minimum absolute atomic E-state index is 0.120. The van der Waals surface area contributed by atoms with E-state index in [1.807, 2.05) is 6.92 Å². The number of nitrogens with one attached hydrogen (secondary N) is 1. The van der Waals surface area contributed by atoms with Gasteiger partial charge >= 0.3 is 11.7 Å². The van der Waals surface area contributed by atoms with Crippen LogP contribution in [-0.4, -0.2) is 46.1 Å². The van der Waals surface area contributed by atoms with Crippen LogP contribution in [0.2, 0.25) is 5.15 Å². The number of aromatic carboxylic acids is 1. The molecule has 0 amide bonds. The van der Waals surface area contributed by atoms with E-state index in [0.29, 0.717) is 6.42 Å². The average molecular weight is 317 g/mol. The quantitative estimate of drug-likeness (QED) is 0.359. The van der Waals surface area contributed by atoms with E-state index < -0.39 is 16.6 Å². The smallest absolute Gasteiger partial charge is 0.339 e. The molecule has 21 heavy (non-hydrogen) atoms. The molecule has 0 aliphatic rings. The molecule has 0 aromatic carbocycles. The molecule has 1 atom stereocenters. The van der Waals surface area contributed by atoms with Crippen LogP contribution in [0.25, 0.3) is 0 Å². The van der Waals surface area contributed by atoms with Gasteiger partial charge in [0.25, 0.3) is 0 Å². The zero-order valence-corrected chi connectivity index (χ0v) is 12.9. The lowest BCUT2D eigenvalue weighted by molar-refractivity contribution is -0.384. The summed E-state index contributed by atoms with van der Waals surface area (Å²) in [6, 6.07) is 0. The van der Waals surface area contributed by atoms with Gasteiger partial charge in [-0.1, -0.05) is 18.5 Å². The fraction of sp³-hybridized carbons (Fsp3) is 0.500. The van der Waals surface area contributed by atoms with E-state index in [9.17, 15) is 20.0 Å². The van der Waals surface area contributed by atoms with Crippen molar-refractivity contribution >= 4 is 28.9 Å². The number of pyridine rings is 1. The Kier molecular flexibility index (Phi) is 5.45. The molecule has 0 fully saturated rings. The van der Waals surface area contributed by atoms with Crippen molar-refractivity contribution in [1.29, 1.82) is 0 Å². The first-order chi connectivity index (χ1) is 9.70. The number of aromatic nitrogens is 1. The molecule has 2 N–H and O–H groups in total. The maximum Gasteiger partial charge on any atom is 0.339 e. The van der Waals surface area contributed by atoms with Crippen LogP contribution >= 0.6 is 11.6 Å². The first-order valence-corrected chi connectivity index (χ1v) is 6.59. The first kappa shape index (κ1) is 17.1. The molecule has 8 nitrogen and oxygen atoms in total. The fourth-order valence-corrected chi connectivity index (χ4v) is 2.28. The predicted octanol–water partition coefficient (Wildman–Crippen LogP) is 2.36. The Morgan fingerprint density at radius 3 is 2.52 bits per heavy atom. The summed E-state index contributed by atoms with van der Waals surface area (Å²) in [5.74, 6) is -1.30. The third kappa shape index (κ3) is 3.59. The van der Waals surface area contributed by atoms with Crippen LogP contribution in [0.1, 0.15) is 29.4 Å². The molecular formula is C12H17ClN4O4. The van der Waals surface area contributed by atoms with E-state index in [-0.39, 0.29) is 28.3 Å². The lowest BCUT2D eigenvalue weighted by Crippen LogP contribution is -2.35. The molecule has 1 aromatic heterocycles. The molecule has 1 rings (SSSR count). The van der Waals surface area contributed by atoms with Crippen LogP contribution in [0.5, 0.6) is 0 Å². The van der Waals surface area contributed by atoms with Crippen molar-refractivity contribution in [2.24, 2.45) is 0 Å². The largest absolute Gasteiger partial charge is 0.478 e. The summed E-state index contributed by atoms with van der Waals surface area (Å²) < 4.78 is 0. The van der Waals surface area contributed by atoms with Crippen molar-refractivity contribution in [3.63, 3.8) is 0 Å². The molecule has 9 heteroatoms. The Labute approximate surface area is 126 Å². The molecule has 1 unspecified atom stereocenters. The second-order valence-corrected chi connectivity index (χ2v) is 5.04. The predicted molar refractivity (Wildman–Crippen MR) is 79.0 cm³/mol. The van der Waals surface area contributed by atoms with Crippen molar-refractivity contribution in [1.82, 2.24) is 9.88 Å². The summed E-state index contributed by atoms with van der Waals surface area (Å²) in [4.78, 5) is 27.4. The highest BCUT2D eigenvalue weighted by atomic mass is 35.5. The van der Waals surface area contributed by atoms with Crippen LogP contribution in [0.3, 0.4) is 0 Å². The van der Waals surface area contributed by atoms with Crippen molar-refractivity contribution in [2.75, 3.05) is 19.4 Å². The number of hydrogen-bond donors (Lipinski definition) is 2. The van der Waals surface area contributed by atoms with E-state index in [0.717, 1.165) is 0 Å². The van der Waals surface area contributed by atoms with Crippen molar-refractivity contribution in [2.45, 2.75) is 26.4 Å². The molecule has 0 bridgehead atoms. The highest BCUT2D eigenvalue weighted by Gasteiger charge is 2.30. The van der Waals surface area contributed by atoms with E-state index in [1.54, 1.807) is 19.0 Å². The standard InChI is InChI=1S/C12H17ClN4O4/c1-5-7(16(3)4)15-9-8(12(18)19)6(2)14-11(13)10(9)17(20)21/h7H,5H2,1-4H3,(H,14,15)(H,18,19). The SMILES string of the molecule is CCC(Nc1c(C(=O)O)c(C)nc(Cl)c1[N+](=O)[O-])N(C)C. The Morgan fingerprint density at radius 1 is 1.57 bits per heavy atom. The molecule has 1 aromatic rings. The summed E-state index contributed by atoms with van der Waals surface area (Å²) in [5, 5.41) is 23.1. The maximum atomic E-state index is 11.4. The molecule has 0 aliphatic heterocycles. The van der Waals surface area contributed by atoms with Gasteiger partial charge in [0.2, 0.25) is 5.15 Å². The minimum Gasteiger partial charge on any atom is -0.478 e. The molecule has 0 saturated heterocycles. The Balaban J connectivity index is 3.57. The average Bonchev–Trinajstić information content (AvgIpc) is 2.33. The number of nitro groups is 1. The van der Waals surface area contributed by atoms with Gasteiger partial charge in [-0.25, -0.2) is 9.78 Å². The highest BCUT2D eigenvalue weighted by molar-refractivity contribution is 6.32.